The van der Waals surface area contributed by atoms with Gasteiger partial charge in [-0.05, 0) is 83.1 Å². The lowest BCUT2D eigenvalue weighted by Crippen LogP contribution is -2.01. The number of aryl methyl sites for hydroxylation is 1. The van der Waals surface area contributed by atoms with Crippen LogP contribution in [-0.2, 0) is 19.6 Å². The lowest BCUT2D eigenvalue weighted by Gasteiger charge is -2.15. The molecular formula is C37H36O5. The van der Waals surface area contributed by atoms with Crippen molar-refractivity contribution in [3.8, 4) is 17.2 Å². The van der Waals surface area contributed by atoms with Crippen molar-refractivity contribution in [2.75, 3.05) is 6.61 Å². The van der Waals surface area contributed by atoms with E-state index in [0.717, 1.165) is 65.5 Å². The Morgan fingerprint density at radius 1 is 0.548 bits per heavy atom. The first kappa shape index (κ1) is 28.7. The molecule has 5 heteroatoms. The number of hydrogen-bond acceptors (Lipinski definition) is 4. The molecule has 0 fully saturated rings. The van der Waals surface area contributed by atoms with Crippen LogP contribution in [0.5, 0.6) is 17.2 Å². The average molecular weight is 561 g/mol. The van der Waals surface area contributed by atoms with Crippen LogP contribution in [0.3, 0.4) is 0 Å². The zero-order chi connectivity index (χ0) is 29.0. The fraction of sp³-hybridized carbons (Fsp3) is 0.216. The van der Waals surface area contributed by atoms with Gasteiger partial charge in [0.25, 0.3) is 0 Å². The highest BCUT2D eigenvalue weighted by molar-refractivity contribution is 5.88. The summed E-state index contributed by atoms with van der Waals surface area (Å²) >= 11 is 0. The van der Waals surface area contributed by atoms with Gasteiger partial charge in [-0.15, -0.1) is 0 Å². The lowest BCUT2D eigenvalue weighted by molar-refractivity contribution is 0.0697. The van der Waals surface area contributed by atoms with E-state index in [4.69, 9.17) is 19.3 Å². The van der Waals surface area contributed by atoms with Gasteiger partial charge in [0.15, 0.2) is 11.5 Å². The van der Waals surface area contributed by atoms with Gasteiger partial charge >= 0.3 is 5.97 Å². The Morgan fingerprint density at radius 3 is 1.76 bits per heavy atom. The van der Waals surface area contributed by atoms with Gasteiger partial charge in [0, 0.05) is 0 Å². The molecule has 0 aliphatic rings. The minimum atomic E-state index is -0.928. The Hall–Kier alpha value is -4.77. The Balaban J connectivity index is 1.15. The fourth-order valence-corrected chi connectivity index (χ4v) is 4.83. The number of fused-ring (bicyclic) bond motifs is 1. The Morgan fingerprint density at radius 2 is 1.14 bits per heavy atom. The molecule has 5 rings (SSSR count). The molecule has 0 spiro atoms. The molecule has 5 aromatic rings. The summed E-state index contributed by atoms with van der Waals surface area (Å²) in [7, 11) is 0. The zero-order valence-corrected chi connectivity index (χ0v) is 23.7. The first-order chi connectivity index (χ1) is 20.6. The van der Waals surface area contributed by atoms with Crippen LogP contribution in [0.15, 0.2) is 115 Å². The van der Waals surface area contributed by atoms with E-state index in [1.165, 1.54) is 5.56 Å². The van der Waals surface area contributed by atoms with Crippen LogP contribution in [0.4, 0.5) is 0 Å². The number of carbonyl (C=O) groups is 1. The molecular weight excluding hydrogens is 524 g/mol. The number of hydrogen-bond donors (Lipinski definition) is 1. The third-order valence-corrected chi connectivity index (χ3v) is 7.17. The minimum absolute atomic E-state index is 0.267. The normalized spacial score (nSPS) is 10.9. The molecule has 0 unspecified atom stereocenters. The molecule has 214 valence electrons. The minimum Gasteiger partial charge on any atom is -0.494 e. The maximum Gasteiger partial charge on any atom is 0.335 e. The van der Waals surface area contributed by atoms with Gasteiger partial charge in [-0.2, -0.15) is 0 Å². The first-order valence-corrected chi connectivity index (χ1v) is 14.5. The van der Waals surface area contributed by atoms with Gasteiger partial charge in [0.05, 0.1) is 12.2 Å². The summed E-state index contributed by atoms with van der Waals surface area (Å²) < 4.78 is 18.3. The first-order valence-electron chi connectivity index (χ1n) is 14.5. The fourth-order valence-electron chi connectivity index (χ4n) is 4.83. The van der Waals surface area contributed by atoms with Crippen molar-refractivity contribution in [2.24, 2.45) is 0 Å². The van der Waals surface area contributed by atoms with Crippen LogP contribution in [0.25, 0.3) is 10.8 Å². The van der Waals surface area contributed by atoms with Gasteiger partial charge < -0.3 is 19.3 Å². The monoisotopic (exact) mass is 560 g/mol. The lowest BCUT2D eigenvalue weighted by atomic mass is 10.0. The van der Waals surface area contributed by atoms with E-state index in [0.29, 0.717) is 25.6 Å². The molecule has 0 aliphatic carbocycles. The highest BCUT2D eigenvalue weighted by Gasteiger charge is 2.10. The van der Waals surface area contributed by atoms with Crippen LogP contribution < -0.4 is 14.2 Å². The standard InChI is InChI=1S/C37H36O5/c38-37(39)31-18-20-34(21-19-31)40-22-10-2-1-5-11-28-16-17-32-24-35(41-26-29-12-6-3-7-13-29)36(25-33(32)23-28)42-27-30-14-8-4-9-15-30/h3-4,6-9,12-21,23-25H,1-2,5,10-11,22,26-27H2,(H,38,39). The highest BCUT2D eigenvalue weighted by atomic mass is 16.5. The predicted octanol–water partition coefficient (Wildman–Crippen LogP) is 8.88. The van der Waals surface area contributed by atoms with Crippen LogP contribution in [0.1, 0.15) is 52.7 Å². The molecule has 0 amide bonds. The van der Waals surface area contributed by atoms with Crippen molar-refractivity contribution in [3.63, 3.8) is 0 Å². The van der Waals surface area contributed by atoms with Crippen molar-refractivity contribution in [2.45, 2.75) is 45.3 Å². The van der Waals surface area contributed by atoms with Crippen molar-refractivity contribution in [1.82, 2.24) is 0 Å². The van der Waals surface area contributed by atoms with Gasteiger partial charge in [-0.3, -0.25) is 0 Å². The Bertz CT molecular complexity index is 1560. The number of carboxylic acid groups (broad SMARTS) is 1. The molecule has 0 saturated heterocycles. The van der Waals surface area contributed by atoms with Gasteiger partial charge in [-0.25, -0.2) is 4.79 Å². The summed E-state index contributed by atoms with van der Waals surface area (Å²) in [4.78, 5) is 11.0. The maximum atomic E-state index is 11.0. The second-order valence-electron chi connectivity index (χ2n) is 10.4. The van der Waals surface area contributed by atoms with E-state index < -0.39 is 5.97 Å². The molecule has 0 aliphatic heterocycles. The summed E-state index contributed by atoms with van der Waals surface area (Å²) in [5, 5.41) is 11.3. The van der Waals surface area contributed by atoms with Crippen molar-refractivity contribution < 1.29 is 24.1 Å². The summed E-state index contributed by atoms with van der Waals surface area (Å²) in [5.41, 5.74) is 3.80. The zero-order valence-electron chi connectivity index (χ0n) is 23.7. The SMILES string of the molecule is O=C(O)c1ccc(OCCCCCCc2ccc3cc(OCc4ccccc4)c(OCc4ccccc4)cc3c2)cc1. The summed E-state index contributed by atoms with van der Waals surface area (Å²) in [6, 6.07) is 37.7. The number of aromatic carboxylic acids is 1. The predicted molar refractivity (Wildman–Crippen MR) is 167 cm³/mol. The third kappa shape index (κ3) is 8.37. The molecule has 1 N–H and O–H groups in total. The molecule has 0 aromatic heterocycles. The van der Waals surface area contributed by atoms with E-state index in [2.05, 4.69) is 54.6 Å². The maximum absolute atomic E-state index is 11.0. The smallest absolute Gasteiger partial charge is 0.335 e. The van der Waals surface area contributed by atoms with Gasteiger partial charge in [-0.1, -0.05) is 91.7 Å². The topological polar surface area (TPSA) is 65.0 Å². The summed E-state index contributed by atoms with van der Waals surface area (Å²) in [6.07, 6.45) is 5.29. The van der Waals surface area contributed by atoms with Crippen LogP contribution in [-0.4, -0.2) is 17.7 Å². The van der Waals surface area contributed by atoms with Crippen LogP contribution in [0.2, 0.25) is 0 Å². The van der Waals surface area contributed by atoms with Gasteiger partial charge in [0.2, 0.25) is 0 Å². The van der Waals surface area contributed by atoms with Crippen molar-refractivity contribution in [1.29, 1.82) is 0 Å². The second-order valence-corrected chi connectivity index (χ2v) is 10.4. The van der Waals surface area contributed by atoms with Crippen molar-refractivity contribution in [3.05, 3.63) is 138 Å². The van der Waals surface area contributed by atoms with Crippen LogP contribution in [0, 0.1) is 0 Å². The molecule has 5 nitrogen and oxygen atoms in total. The van der Waals surface area contributed by atoms with E-state index in [1.54, 1.807) is 24.3 Å². The molecule has 0 saturated carbocycles. The van der Waals surface area contributed by atoms with Gasteiger partial charge in [0.1, 0.15) is 19.0 Å². The average Bonchev–Trinajstić information content (AvgIpc) is 3.03. The number of rotatable bonds is 15. The molecule has 5 aromatic carbocycles. The summed E-state index contributed by atoms with van der Waals surface area (Å²) in [5.74, 6) is 1.27. The highest BCUT2D eigenvalue weighted by Crippen LogP contribution is 2.34. The molecule has 0 atom stereocenters. The summed E-state index contributed by atoms with van der Waals surface area (Å²) in [6.45, 7) is 1.59. The molecule has 0 radical (unpaired) electrons. The Kier molecular flexibility index (Phi) is 10.1. The van der Waals surface area contributed by atoms with Crippen LogP contribution >= 0.6 is 0 Å². The number of benzene rings is 5. The molecule has 42 heavy (non-hydrogen) atoms. The van der Waals surface area contributed by atoms with E-state index in [1.807, 2.05) is 36.4 Å². The largest absolute Gasteiger partial charge is 0.494 e. The second kappa shape index (κ2) is 14.7. The van der Waals surface area contributed by atoms with Crippen molar-refractivity contribution >= 4 is 16.7 Å². The van der Waals surface area contributed by atoms with E-state index in [9.17, 15) is 4.79 Å². The number of ether oxygens (including phenoxy) is 3. The van der Waals surface area contributed by atoms with E-state index >= 15 is 0 Å². The third-order valence-electron chi connectivity index (χ3n) is 7.17. The number of unbranched alkanes of at least 4 members (excludes halogenated alkanes) is 3. The quantitative estimate of drug-likeness (QED) is 0.130. The number of carboxylic acids is 1. The molecule has 0 bridgehead atoms. The Labute approximate surface area is 247 Å². The van der Waals surface area contributed by atoms with E-state index in [-0.39, 0.29) is 5.56 Å². The molecule has 0 heterocycles.